The van der Waals surface area contributed by atoms with Gasteiger partial charge in [0.2, 0.25) is 0 Å². The van der Waals surface area contributed by atoms with Crippen LogP contribution in [0.3, 0.4) is 0 Å². The van der Waals surface area contributed by atoms with E-state index in [2.05, 4.69) is 27.7 Å². The predicted molar refractivity (Wildman–Crippen MR) is 124 cm³/mol. The molecule has 2 aliphatic rings. The van der Waals surface area contributed by atoms with Gasteiger partial charge in [-0.1, -0.05) is 90.9 Å². The Hall–Kier alpha value is -0.160. The van der Waals surface area contributed by atoms with Gasteiger partial charge in [0.05, 0.1) is 13.2 Å². The number of unbranched alkanes of at least 4 members (excludes halogenated alkanes) is 12. The number of rotatable bonds is 17. The van der Waals surface area contributed by atoms with Gasteiger partial charge in [-0.3, -0.25) is 0 Å². The van der Waals surface area contributed by atoms with Crippen LogP contribution in [0, 0.1) is 0 Å². The van der Waals surface area contributed by atoms with Gasteiger partial charge < -0.3 is 18.9 Å². The summed E-state index contributed by atoms with van der Waals surface area (Å²) in [7, 11) is 0. The van der Waals surface area contributed by atoms with Crippen molar-refractivity contribution < 1.29 is 18.9 Å². The van der Waals surface area contributed by atoms with E-state index in [1.807, 2.05) is 0 Å². The Morgan fingerprint density at radius 1 is 0.533 bits per heavy atom. The second-order valence-corrected chi connectivity index (χ2v) is 9.94. The minimum absolute atomic E-state index is 0.00424. The van der Waals surface area contributed by atoms with Crippen LogP contribution in [0.2, 0.25) is 0 Å². The molecule has 2 aliphatic heterocycles. The second-order valence-electron chi connectivity index (χ2n) is 9.94. The summed E-state index contributed by atoms with van der Waals surface area (Å²) >= 11 is 0. The highest BCUT2D eigenvalue weighted by molar-refractivity contribution is 4.86. The van der Waals surface area contributed by atoms with E-state index in [-0.39, 0.29) is 12.2 Å². The van der Waals surface area contributed by atoms with Crippen LogP contribution in [0.25, 0.3) is 0 Å². The Balaban J connectivity index is 1.58. The highest BCUT2D eigenvalue weighted by Gasteiger charge is 2.46. The zero-order valence-corrected chi connectivity index (χ0v) is 20.5. The maximum Gasteiger partial charge on any atom is 0.166 e. The second kappa shape index (κ2) is 14.1. The van der Waals surface area contributed by atoms with Crippen molar-refractivity contribution in [1.82, 2.24) is 0 Å². The first-order valence-electron chi connectivity index (χ1n) is 13.1. The molecule has 30 heavy (non-hydrogen) atoms. The van der Waals surface area contributed by atoms with Gasteiger partial charge in [-0.05, 0) is 26.7 Å². The summed E-state index contributed by atoms with van der Waals surface area (Å²) in [5, 5.41) is 0. The first kappa shape index (κ1) is 26.1. The molecule has 0 spiro atoms. The SMILES string of the molecule is CCCCCCCCCC1(C)OCC(C2COC(C)(CCCCCCCCC)O2)O1. The number of hydrogen-bond acceptors (Lipinski definition) is 4. The van der Waals surface area contributed by atoms with Crippen molar-refractivity contribution in [2.24, 2.45) is 0 Å². The molecule has 178 valence electrons. The first-order valence-corrected chi connectivity index (χ1v) is 13.1. The molecule has 2 heterocycles. The molecule has 0 N–H and O–H groups in total. The molecule has 2 rings (SSSR count). The van der Waals surface area contributed by atoms with Crippen LogP contribution in [0.15, 0.2) is 0 Å². The zero-order valence-electron chi connectivity index (χ0n) is 20.5. The van der Waals surface area contributed by atoms with Crippen LogP contribution >= 0.6 is 0 Å². The number of hydrogen-bond donors (Lipinski definition) is 0. The number of ether oxygens (including phenoxy) is 4. The minimum atomic E-state index is -0.449. The van der Waals surface area contributed by atoms with Crippen molar-refractivity contribution in [2.75, 3.05) is 13.2 Å². The summed E-state index contributed by atoms with van der Waals surface area (Å²) in [6.07, 6.45) is 20.3. The van der Waals surface area contributed by atoms with E-state index in [9.17, 15) is 0 Å². The fourth-order valence-electron chi connectivity index (χ4n) is 4.73. The van der Waals surface area contributed by atoms with E-state index in [1.165, 1.54) is 89.9 Å². The maximum absolute atomic E-state index is 6.32. The summed E-state index contributed by atoms with van der Waals surface area (Å²) in [4.78, 5) is 0. The molecule has 0 aromatic carbocycles. The third kappa shape index (κ3) is 9.54. The molecular weight excluding hydrogens is 376 g/mol. The quantitative estimate of drug-likeness (QED) is 0.225. The van der Waals surface area contributed by atoms with Crippen molar-refractivity contribution in [3.8, 4) is 0 Å². The molecule has 0 aromatic rings. The van der Waals surface area contributed by atoms with Crippen LogP contribution < -0.4 is 0 Å². The standard InChI is InChI=1S/C26H50O4/c1-5-7-9-11-13-15-17-19-25(3)27-21-23(29-25)24-22-28-26(4,30-24)20-18-16-14-12-10-8-6-2/h23-24H,5-22H2,1-4H3. The fraction of sp³-hybridized carbons (Fsp3) is 1.00. The molecule has 4 heteroatoms. The summed E-state index contributed by atoms with van der Waals surface area (Å²) in [6, 6.07) is 0. The monoisotopic (exact) mass is 426 g/mol. The Kier molecular flexibility index (Phi) is 12.2. The molecule has 0 amide bonds. The summed E-state index contributed by atoms with van der Waals surface area (Å²) in [6.45, 7) is 9.96. The largest absolute Gasteiger partial charge is 0.347 e. The van der Waals surface area contributed by atoms with Crippen molar-refractivity contribution in [3.05, 3.63) is 0 Å². The molecule has 0 radical (unpaired) electrons. The Morgan fingerprint density at radius 2 is 0.867 bits per heavy atom. The first-order chi connectivity index (χ1) is 14.5. The topological polar surface area (TPSA) is 36.9 Å². The average Bonchev–Trinajstić information content (AvgIpc) is 3.30. The van der Waals surface area contributed by atoms with E-state index >= 15 is 0 Å². The Morgan fingerprint density at radius 3 is 1.23 bits per heavy atom. The normalized spacial score (nSPS) is 31.6. The molecule has 0 aliphatic carbocycles. The average molecular weight is 427 g/mol. The molecule has 4 unspecified atom stereocenters. The van der Waals surface area contributed by atoms with Gasteiger partial charge in [0.15, 0.2) is 11.6 Å². The van der Waals surface area contributed by atoms with Gasteiger partial charge in [0.1, 0.15) is 12.2 Å². The van der Waals surface area contributed by atoms with Gasteiger partial charge in [0.25, 0.3) is 0 Å². The lowest BCUT2D eigenvalue weighted by Crippen LogP contribution is -2.35. The van der Waals surface area contributed by atoms with E-state index in [0.717, 1.165) is 12.8 Å². The van der Waals surface area contributed by atoms with Crippen molar-refractivity contribution in [3.63, 3.8) is 0 Å². The summed E-state index contributed by atoms with van der Waals surface area (Å²) < 4.78 is 24.8. The van der Waals surface area contributed by atoms with Crippen LogP contribution in [0.1, 0.15) is 130 Å². The van der Waals surface area contributed by atoms with Gasteiger partial charge in [-0.15, -0.1) is 0 Å². The molecule has 4 atom stereocenters. The highest BCUT2D eigenvalue weighted by Crippen LogP contribution is 2.36. The van der Waals surface area contributed by atoms with E-state index in [0.29, 0.717) is 13.2 Å². The summed E-state index contributed by atoms with van der Waals surface area (Å²) in [5.74, 6) is -0.899. The smallest absolute Gasteiger partial charge is 0.166 e. The summed E-state index contributed by atoms with van der Waals surface area (Å²) in [5.41, 5.74) is 0. The van der Waals surface area contributed by atoms with E-state index in [4.69, 9.17) is 18.9 Å². The maximum atomic E-state index is 6.32. The predicted octanol–water partition coefficient (Wildman–Crippen LogP) is 7.53. The molecule has 4 nitrogen and oxygen atoms in total. The lowest BCUT2D eigenvalue weighted by atomic mass is 10.1. The van der Waals surface area contributed by atoms with Crippen molar-refractivity contribution in [2.45, 2.75) is 154 Å². The van der Waals surface area contributed by atoms with Gasteiger partial charge in [0, 0.05) is 12.8 Å². The lowest BCUT2D eigenvalue weighted by molar-refractivity contribution is -0.192. The van der Waals surface area contributed by atoms with Crippen LogP contribution in [-0.2, 0) is 18.9 Å². The van der Waals surface area contributed by atoms with Crippen LogP contribution in [0.4, 0.5) is 0 Å². The van der Waals surface area contributed by atoms with E-state index < -0.39 is 11.6 Å². The fourth-order valence-corrected chi connectivity index (χ4v) is 4.73. The van der Waals surface area contributed by atoms with Crippen LogP contribution in [0.5, 0.6) is 0 Å². The third-order valence-corrected chi connectivity index (χ3v) is 6.79. The van der Waals surface area contributed by atoms with Gasteiger partial charge in [-0.25, -0.2) is 0 Å². The third-order valence-electron chi connectivity index (χ3n) is 6.79. The van der Waals surface area contributed by atoms with E-state index in [1.54, 1.807) is 0 Å². The molecular formula is C26H50O4. The van der Waals surface area contributed by atoms with Gasteiger partial charge in [-0.2, -0.15) is 0 Å². The Labute approximate surface area is 186 Å². The minimum Gasteiger partial charge on any atom is -0.347 e. The van der Waals surface area contributed by atoms with Crippen LogP contribution in [-0.4, -0.2) is 37.0 Å². The lowest BCUT2D eigenvalue weighted by Gasteiger charge is -2.26. The van der Waals surface area contributed by atoms with Crippen molar-refractivity contribution in [1.29, 1.82) is 0 Å². The molecule has 2 saturated heterocycles. The van der Waals surface area contributed by atoms with Crippen molar-refractivity contribution >= 4 is 0 Å². The molecule has 0 bridgehead atoms. The molecule has 0 saturated carbocycles. The van der Waals surface area contributed by atoms with Gasteiger partial charge >= 0.3 is 0 Å². The Bertz CT molecular complexity index is 403. The zero-order chi connectivity index (χ0) is 21.7. The molecule has 0 aromatic heterocycles. The highest BCUT2D eigenvalue weighted by atomic mass is 16.8. The molecule has 2 fully saturated rings.